The van der Waals surface area contributed by atoms with Crippen molar-refractivity contribution in [2.45, 2.75) is 52.6 Å². The maximum Gasteiger partial charge on any atom is 0.313 e. The smallest absolute Gasteiger partial charge is 0.313 e. The summed E-state index contributed by atoms with van der Waals surface area (Å²) in [5.41, 5.74) is 1.75. The van der Waals surface area contributed by atoms with E-state index in [4.69, 9.17) is 9.47 Å². The van der Waals surface area contributed by atoms with E-state index >= 15 is 0 Å². The van der Waals surface area contributed by atoms with E-state index in [0.717, 1.165) is 37.2 Å². The van der Waals surface area contributed by atoms with Crippen molar-refractivity contribution in [2.75, 3.05) is 26.8 Å². The molecule has 3 rings (SSSR count). The quantitative estimate of drug-likeness (QED) is 0.631. The lowest BCUT2D eigenvalue weighted by atomic mass is 9.75. The van der Waals surface area contributed by atoms with Crippen LogP contribution in [-0.2, 0) is 22.5 Å². The van der Waals surface area contributed by atoms with Crippen LogP contribution in [0.1, 0.15) is 50.8 Å². The maximum absolute atomic E-state index is 13.1. The van der Waals surface area contributed by atoms with Gasteiger partial charge >= 0.3 is 5.97 Å². The second-order valence-corrected chi connectivity index (χ2v) is 8.27. The van der Waals surface area contributed by atoms with Gasteiger partial charge < -0.3 is 9.47 Å². The van der Waals surface area contributed by atoms with E-state index in [2.05, 4.69) is 36.1 Å². The first-order chi connectivity index (χ1) is 14.0. The Morgan fingerprint density at radius 1 is 1.31 bits per heavy atom. The van der Waals surface area contributed by atoms with Crippen LogP contribution < -0.4 is 4.74 Å². The molecule has 2 heterocycles. The molecule has 1 atom stereocenters. The Hall–Kier alpha value is -2.34. The summed E-state index contributed by atoms with van der Waals surface area (Å²) < 4.78 is 12.9. The van der Waals surface area contributed by atoms with Gasteiger partial charge in [0.15, 0.2) is 0 Å². The van der Waals surface area contributed by atoms with Gasteiger partial charge in [-0.3, -0.25) is 14.4 Å². The highest BCUT2D eigenvalue weighted by molar-refractivity contribution is 5.78. The van der Waals surface area contributed by atoms with Gasteiger partial charge in [-0.15, -0.1) is 0 Å². The van der Waals surface area contributed by atoms with Crippen molar-refractivity contribution in [3.63, 3.8) is 0 Å². The highest BCUT2D eigenvalue weighted by Gasteiger charge is 2.43. The molecule has 1 aromatic carbocycles. The fourth-order valence-corrected chi connectivity index (χ4v) is 4.20. The average Bonchev–Trinajstić information content (AvgIpc) is 3.17. The Morgan fingerprint density at radius 2 is 2.14 bits per heavy atom. The van der Waals surface area contributed by atoms with Crippen LogP contribution in [0.25, 0.3) is 0 Å². The van der Waals surface area contributed by atoms with Crippen LogP contribution in [0.3, 0.4) is 0 Å². The predicted octanol–water partition coefficient (Wildman–Crippen LogP) is 3.86. The first kappa shape index (κ1) is 21.4. The van der Waals surface area contributed by atoms with Crippen LogP contribution in [0.5, 0.6) is 5.75 Å². The molecule has 1 aromatic heterocycles. The first-order valence-electron chi connectivity index (χ1n) is 10.5. The summed E-state index contributed by atoms with van der Waals surface area (Å²) in [7, 11) is 1.67. The molecule has 1 aliphatic heterocycles. The number of esters is 1. The number of piperidine rings is 1. The summed E-state index contributed by atoms with van der Waals surface area (Å²) in [4.78, 5) is 15.4. The van der Waals surface area contributed by atoms with Crippen LogP contribution in [0, 0.1) is 5.41 Å². The lowest BCUT2D eigenvalue weighted by molar-refractivity contribution is -0.159. The van der Waals surface area contributed by atoms with Gasteiger partial charge in [-0.2, -0.15) is 5.10 Å². The van der Waals surface area contributed by atoms with E-state index in [1.54, 1.807) is 7.11 Å². The fraction of sp³-hybridized carbons (Fsp3) is 0.565. The lowest BCUT2D eigenvalue weighted by Gasteiger charge is -2.41. The van der Waals surface area contributed by atoms with Gasteiger partial charge in [0.05, 0.1) is 25.3 Å². The van der Waals surface area contributed by atoms with E-state index in [0.29, 0.717) is 25.6 Å². The minimum Gasteiger partial charge on any atom is -0.497 e. The monoisotopic (exact) mass is 399 g/mol. The second kappa shape index (κ2) is 9.44. The zero-order valence-corrected chi connectivity index (χ0v) is 18.1. The minimum atomic E-state index is -0.533. The summed E-state index contributed by atoms with van der Waals surface area (Å²) in [5, 5.41) is 4.45. The predicted molar refractivity (Wildman–Crippen MR) is 113 cm³/mol. The van der Waals surface area contributed by atoms with Gasteiger partial charge in [-0.05, 0) is 64.3 Å². The zero-order chi connectivity index (χ0) is 20.9. The molecule has 0 aliphatic carbocycles. The van der Waals surface area contributed by atoms with Crippen molar-refractivity contribution in [1.29, 1.82) is 0 Å². The molecule has 158 valence electrons. The molecule has 6 nitrogen and oxygen atoms in total. The third-order valence-electron chi connectivity index (χ3n) is 5.63. The number of nitrogens with zero attached hydrogens (tertiary/aromatic N) is 3. The lowest BCUT2D eigenvalue weighted by Crippen LogP contribution is -2.49. The van der Waals surface area contributed by atoms with Crippen LogP contribution in [0.2, 0.25) is 0 Å². The molecule has 1 fully saturated rings. The molecule has 2 aromatic rings. The highest BCUT2D eigenvalue weighted by atomic mass is 16.5. The number of aromatic nitrogens is 2. The van der Waals surface area contributed by atoms with Crippen molar-refractivity contribution in [2.24, 2.45) is 5.41 Å². The molecule has 0 radical (unpaired) electrons. The van der Waals surface area contributed by atoms with E-state index < -0.39 is 5.41 Å². The number of carbonyl (C=O) groups excluding carboxylic acids is 1. The Balaban J connectivity index is 1.79. The van der Waals surface area contributed by atoms with Crippen LogP contribution >= 0.6 is 0 Å². The minimum absolute atomic E-state index is 0.0922. The molecule has 0 spiro atoms. The summed E-state index contributed by atoms with van der Waals surface area (Å²) >= 11 is 0. The summed E-state index contributed by atoms with van der Waals surface area (Å²) in [6.07, 6.45) is 6.51. The number of methoxy groups -OCH3 is 1. The molecule has 1 saturated heterocycles. The summed E-state index contributed by atoms with van der Waals surface area (Å²) in [6, 6.07) is 8.34. The van der Waals surface area contributed by atoms with E-state index in [-0.39, 0.29) is 5.97 Å². The standard InChI is InChI=1S/C23H33N3O3/c1-5-29-22(27)23(13-19-8-6-9-21(12-19)28-4)10-7-11-25(17-23)15-20-14-24-26(16-20)18(2)3/h6,8-9,12,14,16,18H,5,7,10-11,13,15,17H2,1-4H3/t23-/m1/s1. The van der Waals surface area contributed by atoms with Crippen molar-refractivity contribution in [3.8, 4) is 5.75 Å². The molecular weight excluding hydrogens is 366 g/mol. The number of likely N-dealkylation sites (tertiary alicyclic amines) is 1. The van der Waals surface area contributed by atoms with Crippen LogP contribution in [-0.4, -0.2) is 47.5 Å². The number of hydrogen-bond donors (Lipinski definition) is 0. The van der Waals surface area contributed by atoms with E-state index in [1.165, 1.54) is 5.56 Å². The number of carbonyl (C=O) groups is 1. The van der Waals surface area contributed by atoms with E-state index in [1.807, 2.05) is 36.0 Å². The Labute approximate surface area is 173 Å². The molecule has 0 unspecified atom stereocenters. The van der Waals surface area contributed by atoms with Crippen molar-refractivity contribution < 1.29 is 14.3 Å². The fourth-order valence-electron chi connectivity index (χ4n) is 4.20. The largest absolute Gasteiger partial charge is 0.497 e. The Kier molecular flexibility index (Phi) is 6.96. The number of ether oxygens (including phenoxy) is 2. The molecule has 0 amide bonds. The molecular formula is C23H33N3O3. The summed E-state index contributed by atoms with van der Waals surface area (Å²) in [6.45, 7) is 8.99. The maximum atomic E-state index is 13.1. The van der Waals surface area contributed by atoms with Crippen molar-refractivity contribution in [1.82, 2.24) is 14.7 Å². The molecule has 0 N–H and O–H groups in total. The van der Waals surface area contributed by atoms with Crippen molar-refractivity contribution in [3.05, 3.63) is 47.8 Å². The third-order valence-corrected chi connectivity index (χ3v) is 5.63. The van der Waals surface area contributed by atoms with Gasteiger partial charge in [-0.25, -0.2) is 0 Å². The summed E-state index contributed by atoms with van der Waals surface area (Å²) in [5.74, 6) is 0.723. The molecule has 0 saturated carbocycles. The zero-order valence-electron chi connectivity index (χ0n) is 18.1. The van der Waals surface area contributed by atoms with Gasteiger partial charge in [0.25, 0.3) is 0 Å². The topological polar surface area (TPSA) is 56.6 Å². The average molecular weight is 400 g/mol. The van der Waals surface area contributed by atoms with Gasteiger partial charge in [0, 0.05) is 30.9 Å². The Bertz CT molecular complexity index is 817. The molecule has 0 bridgehead atoms. The third kappa shape index (κ3) is 5.18. The molecule has 29 heavy (non-hydrogen) atoms. The molecule has 6 heteroatoms. The Morgan fingerprint density at radius 3 is 2.83 bits per heavy atom. The van der Waals surface area contributed by atoms with Gasteiger partial charge in [0.2, 0.25) is 0 Å². The van der Waals surface area contributed by atoms with E-state index in [9.17, 15) is 4.79 Å². The number of hydrogen-bond acceptors (Lipinski definition) is 5. The van der Waals surface area contributed by atoms with Crippen LogP contribution in [0.15, 0.2) is 36.7 Å². The highest BCUT2D eigenvalue weighted by Crippen LogP contribution is 2.36. The number of benzene rings is 1. The van der Waals surface area contributed by atoms with Gasteiger partial charge in [0.1, 0.15) is 5.75 Å². The second-order valence-electron chi connectivity index (χ2n) is 8.27. The molecule has 1 aliphatic rings. The number of rotatable bonds is 8. The SMILES string of the molecule is CCOC(=O)[C@@]1(Cc2cccc(OC)c2)CCCN(Cc2cnn(C(C)C)c2)C1. The van der Waals surface area contributed by atoms with Crippen LogP contribution in [0.4, 0.5) is 0 Å². The van der Waals surface area contributed by atoms with Crippen molar-refractivity contribution >= 4 is 5.97 Å². The van der Waals surface area contributed by atoms with Gasteiger partial charge in [-0.1, -0.05) is 12.1 Å². The first-order valence-corrected chi connectivity index (χ1v) is 10.5. The normalized spacial score (nSPS) is 20.0.